The van der Waals surface area contributed by atoms with Crippen LogP contribution in [-0.2, 0) is 12.8 Å². The molecule has 3 nitrogen and oxygen atoms in total. The zero-order chi connectivity index (χ0) is 13.3. The second-order valence-electron chi connectivity index (χ2n) is 3.77. The molecule has 6 heteroatoms. The van der Waals surface area contributed by atoms with Gasteiger partial charge in [-0.25, -0.2) is 4.68 Å². The zero-order valence-electron chi connectivity index (χ0n) is 9.52. The predicted molar refractivity (Wildman–Crippen MR) is 77.6 cm³/mol. The van der Waals surface area contributed by atoms with E-state index in [0.717, 1.165) is 5.56 Å². The van der Waals surface area contributed by atoms with Gasteiger partial charge in [0.25, 0.3) is 5.56 Å². The van der Waals surface area contributed by atoms with Gasteiger partial charge in [0.2, 0.25) is 0 Å². The zero-order valence-corrected chi connectivity index (χ0v) is 11.9. The smallest absolute Gasteiger partial charge is 0.267 e. The van der Waals surface area contributed by atoms with Gasteiger partial charge in [0.05, 0.1) is 10.7 Å². The van der Waals surface area contributed by atoms with E-state index in [1.54, 1.807) is 31.3 Å². The van der Waals surface area contributed by atoms with Crippen LogP contribution in [0.25, 0.3) is 11.3 Å². The summed E-state index contributed by atoms with van der Waals surface area (Å²) in [5, 5.41) is 5.24. The van der Waals surface area contributed by atoms with Crippen LogP contribution in [0, 0.1) is 0 Å². The molecule has 2 aromatic rings. The monoisotopic (exact) mass is 300 g/mol. The van der Waals surface area contributed by atoms with Crippen LogP contribution in [0.3, 0.4) is 0 Å². The van der Waals surface area contributed by atoms with Crippen LogP contribution >= 0.6 is 35.8 Å². The molecule has 18 heavy (non-hydrogen) atoms. The van der Waals surface area contributed by atoms with Crippen LogP contribution in [-0.4, -0.2) is 9.78 Å². The summed E-state index contributed by atoms with van der Waals surface area (Å²) in [5.41, 5.74) is 1.79. The highest BCUT2D eigenvalue weighted by atomic mass is 35.5. The molecule has 0 N–H and O–H groups in total. The van der Waals surface area contributed by atoms with Gasteiger partial charge in [0.1, 0.15) is 0 Å². The molecule has 2 rings (SSSR count). The Hall–Kier alpha value is -0.970. The summed E-state index contributed by atoms with van der Waals surface area (Å²) in [6, 6.07) is 6.85. The molecule has 0 saturated heterocycles. The first-order valence-corrected chi connectivity index (χ1v) is 6.55. The third kappa shape index (κ3) is 2.55. The largest absolute Gasteiger partial charge is 0.270 e. The Balaban J connectivity index is 2.64. The predicted octanol–water partition coefficient (Wildman–Crippen LogP) is 3.18. The van der Waals surface area contributed by atoms with E-state index in [1.807, 2.05) is 0 Å². The summed E-state index contributed by atoms with van der Waals surface area (Å²) in [6.45, 7) is 0. The lowest BCUT2D eigenvalue weighted by molar-refractivity contribution is 0.704. The summed E-state index contributed by atoms with van der Waals surface area (Å²) >= 11 is 16.1. The Bertz CT molecular complexity index is 655. The first-order chi connectivity index (χ1) is 8.52. The maximum Gasteiger partial charge on any atom is 0.270 e. The topological polar surface area (TPSA) is 34.9 Å². The SMILES string of the molecule is Cn1nc(-c2ccc(Cl)cc2Cl)cc(CS)c1=O. The number of aryl methyl sites for hydroxylation is 1. The number of nitrogens with zero attached hydrogens (tertiary/aromatic N) is 2. The molecule has 0 fully saturated rings. The number of thiol groups is 1. The van der Waals surface area contributed by atoms with Crippen LogP contribution < -0.4 is 5.56 Å². The fraction of sp³-hybridized carbons (Fsp3) is 0.167. The average molecular weight is 301 g/mol. The van der Waals surface area contributed by atoms with Crippen molar-refractivity contribution >= 4 is 35.8 Å². The summed E-state index contributed by atoms with van der Waals surface area (Å²) in [5.74, 6) is 0.355. The maximum atomic E-state index is 11.7. The number of rotatable bonds is 2. The molecular formula is C12H10Cl2N2OS. The normalized spacial score (nSPS) is 10.7. The Morgan fingerprint density at radius 3 is 2.67 bits per heavy atom. The van der Waals surface area contributed by atoms with Crippen LogP contribution in [0.4, 0.5) is 0 Å². The molecule has 94 valence electrons. The molecule has 0 saturated carbocycles. The van der Waals surface area contributed by atoms with Crippen molar-refractivity contribution in [3.63, 3.8) is 0 Å². The van der Waals surface area contributed by atoms with E-state index in [4.69, 9.17) is 23.2 Å². The summed E-state index contributed by atoms with van der Waals surface area (Å²) in [7, 11) is 1.60. The van der Waals surface area contributed by atoms with Gasteiger partial charge < -0.3 is 0 Å². The lowest BCUT2D eigenvalue weighted by atomic mass is 10.1. The molecule has 0 aliphatic carbocycles. The Morgan fingerprint density at radius 2 is 2.06 bits per heavy atom. The van der Waals surface area contributed by atoms with Crippen LogP contribution in [0.5, 0.6) is 0 Å². The maximum absolute atomic E-state index is 11.7. The van der Waals surface area contributed by atoms with Crippen molar-refractivity contribution in [3.8, 4) is 11.3 Å². The van der Waals surface area contributed by atoms with Crippen molar-refractivity contribution in [1.29, 1.82) is 0 Å². The number of aromatic nitrogens is 2. The third-order valence-electron chi connectivity index (χ3n) is 2.51. The van der Waals surface area contributed by atoms with Gasteiger partial charge in [-0.1, -0.05) is 23.2 Å². The molecule has 0 amide bonds. The highest BCUT2D eigenvalue weighted by Gasteiger charge is 2.10. The fourth-order valence-corrected chi connectivity index (χ4v) is 2.34. The fourth-order valence-electron chi connectivity index (χ4n) is 1.61. The van der Waals surface area contributed by atoms with Crippen molar-refractivity contribution in [1.82, 2.24) is 9.78 Å². The highest BCUT2D eigenvalue weighted by molar-refractivity contribution is 7.79. The van der Waals surface area contributed by atoms with E-state index in [0.29, 0.717) is 27.1 Å². The Morgan fingerprint density at radius 1 is 1.33 bits per heavy atom. The number of hydrogen-bond acceptors (Lipinski definition) is 3. The number of hydrogen-bond donors (Lipinski definition) is 1. The van der Waals surface area contributed by atoms with E-state index >= 15 is 0 Å². The van der Waals surface area contributed by atoms with Gasteiger partial charge >= 0.3 is 0 Å². The first-order valence-electron chi connectivity index (χ1n) is 5.16. The minimum Gasteiger partial charge on any atom is -0.267 e. The lowest BCUT2D eigenvalue weighted by Crippen LogP contribution is -2.23. The standard InChI is InChI=1S/C12H10Cl2N2OS/c1-16-12(17)7(6-18)4-11(15-16)9-3-2-8(13)5-10(9)14/h2-5,18H,6H2,1H3. The quantitative estimate of drug-likeness (QED) is 0.865. The molecule has 0 bridgehead atoms. The minimum atomic E-state index is -0.154. The van der Waals surface area contributed by atoms with Gasteiger partial charge in [0.15, 0.2) is 0 Å². The lowest BCUT2D eigenvalue weighted by Gasteiger charge is -2.07. The molecule has 0 radical (unpaired) electrons. The summed E-state index contributed by atoms with van der Waals surface area (Å²) < 4.78 is 1.28. The van der Waals surface area contributed by atoms with Crippen molar-refractivity contribution in [2.24, 2.45) is 7.05 Å². The summed E-state index contributed by atoms with van der Waals surface area (Å²) in [6.07, 6.45) is 0. The summed E-state index contributed by atoms with van der Waals surface area (Å²) in [4.78, 5) is 11.7. The molecule has 0 atom stereocenters. The molecule has 1 heterocycles. The van der Waals surface area contributed by atoms with Crippen molar-refractivity contribution in [3.05, 3.63) is 50.2 Å². The van der Waals surface area contributed by atoms with Gasteiger partial charge in [-0.05, 0) is 24.3 Å². The van der Waals surface area contributed by atoms with E-state index in [9.17, 15) is 4.79 Å². The second-order valence-corrected chi connectivity index (χ2v) is 4.93. The van der Waals surface area contributed by atoms with E-state index in [-0.39, 0.29) is 5.56 Å². The number of benzene rings is 1. The highest BCUT2D eigenvalue weighted by Crippen LogP contribution is 2.28. The van der Waals surface area contributed by atoms with Gasteiger partial charge in [-0.15, -0.1) is 0 Å². The minimum absolute atomic E-state index is 0.154. The molecule has 0 spiro atoms. The molecule has 0 unspecified atom stereocenters. The van der Waals surface area contributed by atoms with Crippen LogP contribution in [0.15, 0.2) is 29.1 Å². The molecular weight excluding hydrogens is 291 g/mol. The molecule has 0 aliphatic rings. The van der Waals surface area contributed by atoms with Crippen molar-refractivity contribution < 1.29 is 0 Å². The van der Waals surface area contributed by atoms with E-state index in [2.05, 4.69) is 17.7 Å². The molecule has 1 aromatic heterocycles. The average Bonchev–Trinajstić information content (AvgIpc) is 2.32. The Labute approximate surface area is 120 Å². The molecule has 1 aromatic carbocycles. The second kappa shape index (κ2) is 5.34. The van der Waals surface area contributed by atoms with E-state index in [1.165, 1.54) is 4.68 Å². The number of halogens is 2. The molecule has 0 aliphatic heterocycles. The van der Waals surface area contributed by atoms with Gasteiger partial charge in [-0.3, -0.25) is 4.79 Å². The first kappa shape index (κ1) is 13.5. The van der Waals surface area contributed by atoms with Crippen molar-refractivity contribution in [2.75, 3.05) is 0 Å². The van der Waals surface area contributed by atoms with Crippen molar-refractivity contribution in [2.45, 2.75) is 5.75 Å². The van der Waals surface area contributed by atoms with Crippen LogP contribution in [0.1, 0.15) is 5.56 Å². The third-order valence-corrected chi connectivity index (χ3v) is 3.40. The van der Waals surface area contributed by atoms with Gasteiger partial charge in [0, 0.05) is 29.0 Å². The Kier molecular flexibility index (Phi) is 4.00. The van der Waals surface area contributed by atoms with Crippen LogP contribution in [0.2, 0.25) is 10.0 Å². The van der Waals surface area contributed by atoms with Gasteiger partial charge in [-0.2, -0.15) is 17.7 Å². The van der Waals surface area contributed by atoms with E-state index < -0.39 is 0 Å².